The lowest BCUT2D eigenvalue weighted by Crippen LogP contribution is -1.98. The Hall–Kier alpha value is -2.69. The number of ether oxygens (including phenoxy) is 3. The van der Waals surface area contributed by atoms with Gasteiger partial charge in [-0.3, -0.25) is 0 Å². The van der Waals surface area contributed by atoms with Crippen molar-refractivity contribution in [1.29, 1.82) is 0 Å². The van der Waals surface area contributed by atoms with E-state index in [1.165, 1.54) is 19.2 Å². The van der Waals surface area contributed by atoms with Gasteiger partial charge in [-0.15, -0.1) is 0 Å². The molecule has 1 N–H and O–H groups in total. The maximum Gasteiger partial charge on any atom is 0.335 e. The van der Waals surface area contributed by atoms with Crippen molar-refractivity contribution in [3.63, 3.8) is 0 Å². The van der Waals surface area contributed by atoms with E-state index in [0.717, 1.165) is 11.1 Å². The second-order valence-corrected chi connectivity index (χ2v) is 4.32. The normalized spacial score (nSPS) is 10.0. The van der Waals surface area contributed by atoms with Crippen LogP contribution in [-0.2, 0) is 0 Å². The molecule has 0 aliphatic rings. The van der Waals surface area contributed by atoms with Crippen molar-refractivity contribution in [2.75, 3.05) is 21.3 Å². The molecule has 0 heterocycles. The average Bonchev–Trinajstić information content (AvgIpc) is 2.53. The van der Waals surface area contributed by atoms with Crippen LogP contribution in [0.3, 0.4) is 0 Å². The van der Waals surface area contributed by atoms with Gasteiger partial charge in [-0.05, 0) is 35.9 Å². The number of methoxy groups -OCH3 is 3. The molecule has 0 aliphatic heterocycles. The van der Waals surface area contributed by atoms with Crippen molar-refractivity contribution in [3.05, 3.63) is 42.0 Å². The highest BCUT2D eigenvalue weighted by Gasteiger charge is 2.12. The Morgan fingerprint density at radius 1 is 0.905 bits per heavy atom. The number of rotatable bonds is 5. The quantitative estimate of drug-likeness (QED) is 0.916. The largest absolute Gasteiger partial charge is 0.497 e. The molecule has 0 aromatic heterocycles. The van der Waals surface area contributed by atoms with Gasteiger partial charge < -0.3 is 19.3 Å². The summed E-state index contributed by atoms with van der Waals surface area (Å²) in [6, 6.07) is 10.2. The molecule has 0 saturated carbocycles. The van der Waals surface area contributed by atoms with Gasteiger partial charge in [0, 0.05) is 11.6 Å². The number of carbonyl (C=O) groups is 1. The van der Waals surface area contributed by atoms with E-state index in [2.05, 4.69) is 0 Å². The van der Waals surface area contributed by atoms with E-state index < -0.39 is 5.97 Å². The van der Waals surface area contributed by atoms with Crippen LogP contribution in [0.15, 0.2) is 36.4 Å². The van der Waals surface area contributed by atoms with Gasteiger partial charge in [-0.25, -0.2) is 4.79 Å². The first-order valence-corrected chi connectivity index (χ1v) is 6.23. The Labute approximate surface area is 122 Å². The SMILES string of the molecule is COc1cc(OC)cc(-c2ccc(C(=O)O)cc2OC)c1. The molecule has 2 aromatic carbocycles. The number of benzene rings is 2. The van der Waals surface area contributed by atoms with Crippen molar-refractivity contribution >= 4 is 5.97 Å². The summed E-state index contributed by atoms with van der Waals surface area (Å²) < 4.78 is 15.8. The monoisotopic (exact) mass is 288 g/mol. The van der Waals surface area contributed by atoms with Crippen molar-refractivity contribution in [2.24, 2.45) is 0 Å². The number of carboxylic acids is 1. The zero-order valence-corrected chi connectivity index (χ0v) is 12.0. The van der Waals surface area contributed by atoms with Crippen LogP contribution in [0, 0.1) is 0 Å². The molecule has 5 nitrogen and oxygen atoms in total. The third kappa shape index (κ3) is 3.08. The maximum atomic E-state index is 11.0. The van der Waals surface area contributed by atoms with Crippen molar-refractivity contribution in [3.8, 4) is 28.4 Å². The third-order valence-electron chi connectivity index (χ3n) is 3.11. The Morgan fingerprint density at radius 3 is 2.00 bits per heavy atom. The molecule has 0 unspecified atom stereocenters. The van der Waals surface area contributed by atoms with E-state index in [4.69, 9.17) is 19.3 Å². The lowest BCUT2D eigenvalue weighted by Gasteiger charge is -2.12. The molecule has 5 heteroatoms. The minimum absolute atomic E-state index is 0.172. The van der Waals surface area contributed by atoms with Gasteiger partial charge in [0.05, 0.1) is 26.9 Å². The second kappa shape index (κ2) is 6.17. The highest BCUT2D eigenvalue weighted by molar-refractivity contribution is 5.90. The first-order valence-electron chi connectivity index (χ1n) is 6.23. The van der Waals surface area contributed by atoms with E-state index in [1.807, 2.05) is 12.1 Å². The highest BCUT2D eigenvalue weighted by Crippen LogP contribution is 2.35. The molecule has 0 aliphatic carbocycles. The Kier molecular flexibility index (Phi) is 4.33. The fourth-order valence-electron chi connectivity index (χ4n) is 2.03. The van der Waals surface area contributed by atoms with Crippen LogP contribution in [-0.4, -0.2) is 32.4 Å². The minimum atomic E-state index is -0.997. The van der Waals surface area contributed by atoms with Gasteiger partial charge in [-0.2, -0.15) is 0 Å². The van der Waals surface area contributed by atoms with E-state index in [9.17, 15) is 4.79 Å². The van der Waals surface area contributed by atoms with Crippen LogP contribution >= 0.6 is 0 Å². The summed E-state index contributed by atoms with van der Waals surface area (Å²) in [5.74, 6) is 0.774. The van der Waals surface area contributed by atoms with Crippen LogP contribution in [0.4, 0.5) is 0 Å². The molecule has 2 aromatic rings. The summed E-state index contributed by atoms with van der Waals surface area (Å²) in [5.41, 5.74) is 1.75. The molecule has 0 amide bonds. The standard InChI is InChI=1S/C16H16O5/c1-19-12-6-11(7-13(9-12)20-2)14-5-4-10(16(17)18)8-15(14)21-3/h4-9H,1-3H3,(H,17,18). The molecule has 110 valence electrons. The van der Waals surface area contributed by atoms with Crippen molar-refractivity contribution in [2.45, 2.75) is 0 Å². The summed E-state index contributed by atoms with van der Waals surface area (Å²) in [4.78, 5) is 11.0. The van der Waals surface area contributed by atoms with Crippen LogP contribution in [0.5, 0.6) is 17.2 Å². The number of carboxylic acid groups (broad SMARTS) is 1. The van der Waals surface area contributed by atoms with Crippen LogP contribution < -0.4 is 14.2 Å². The summed E-state index contributed by atoms with van der Waals surface area (Å²) in [5, 5.41) is 9.04. The van der Waals surface area contributed by atoms with Gasteiger partial charge in [0.2, 0.25) is 0 Å². The number of hydrogen-bond donors (Lipinski definition) is 1. The van der Waals surface area contributed by atoms with Gasteiger partial charge in [0.1, 0.15) is 17.2 Å². The fraction of sp³-hybridized carbons (Fsp3) is 0.188. The van der Waals surface area contributed by atoms with Gasteiger partial charge in [-0.1, -0.05) is 0 Å². The third-order valence-corrected chi connectivity index (χ3v) is 3.11. The Bertz CT molecular complexity index is 641. The molecule has 2 rings (SSSR count). The van der Waals surface area contributed by atoms with Crippen molar-refractivity contribution in [1.82, 2.24) is 0 Å². The molecule has 0 atom stereocenters. The van der Waals surface area contributed by atoms with Crippen LogP contribution in [0.25, 0.3) is 11.1 Å². The Morgan fingerprint density at radius 2 is 1.52 bits per heavy atom. The topological polar surface area (TPSA) is 65.0 Å². The minimum Gasteiger partial charge on any atom is -0.497 e. The van der Waals surface area contributed by atoms with E-state index in [1.54, 1.807) is 26.4 Å². The molecular weight excluding hydrogens is 272 g/mol. The molecule has 0 spiro atoms. The smallest absolute Gasteiger partial charge is 0.335 e. The summed E-state index contributed by atoms with van der Waals surface area (Å²) in [6.45, 7) is 0. The predicted octanol–water partition coefficient (Wildman–Crippen LogP) is 3.08. The van der Waals surface area contributed by atoms with Crippen LogP contribution in [0.2, 0.25) is 0 Å². The lowest BCUT2D eigenvalue weighted by molar-refractivity contribution is 0.0696. The maximum absolute atomic E-state index is 11.0. The lowest BCUT2D eigenvalue weighted by atomic mass is 10.0. The van der Waals surface area contributed by atoms with E-state index in [0.29, 0.717) is 17.2 Å². The Balaban J connectivity index is 2.57. The van der Waals surface area contributed by atoms with Gasteiger partial charge >= 0.3 is 5.97 Å². The highest BCUT2D eigenvalue weighted by atomic mass is 16.5. The number of aromatic carboxylic acids is 1. The molecular formula is C16H16O5. The van der Waals surface area contributed by atoms with E-state index >= 15 is 0 Å². The van der Waals surface area contributed by atoms with E-state index in [-0.39, 0.29) is 5.56 Å². The van der Waals surface area contributed by atoms with Crippen molar-refractivity contribution < 1.29 is 24.1 Å². The van der Waals surface area contributed by atoms with Gasteiger partial charge in [0.15, 0.2) is 0 Å². The average molecular weight is 288 g/mol. The van der Waals surface area contributed by atoms with Crippen LogP contribution in [0.1, 0.15) is 10.4 Å². The summed E-state index contributed by atoms with van der Waals surface area (Å²) >= 11 is 0. The molecule has 0 saturated heterocycles. The molecule has 0 radical (unpaired) electrons. The molecule has 21 heavy (non-hydrogen) atoms. The zero-order valence-electron chi connectivity index (χ0n) is 12.0. The summed E-state index contributed by atoms with van der Waals surface area (Å²) in [6.07, 6.45) is 0. The fourth-order valence-corrected chi connectivity index (χ4v) is 2.03. The predicted molar refractivity (Wildman–Crippen MR) is 78.5 cm³/mol. The van der Waals surface area contributed by atoms with Gasteiger partial charge in [0.25, 0.3) is 0 Å². The summed E-state index contributed by atoms with van der Waals surface area (Å²) in [7, 11) is 4.65. The molecule has 0 bridgehead atoms. The number of hydrogen-bond acceptors (Lipinski definition) is 4. The second-order valence-electron chi connectivity index (χ2n) is 4.32. The zero-order chi connectivity index (χ0) is 15.4. The molecule has 0 fully saturated rings. The first kappa shape index (κ1) is 14.7. The first-order chi connectivity index (χ1) is 10.1.